The predicted octanol–water partition coefficient (Wildman–Crippen LogP) is 2.65. The van der Waals surface area contributed by atoms with Crippen molar-refractivity contribution in [1.29, 1.82) is 0 Å². The Balaban J connectivity index is 1.92. The Labute approximate surface area is 111 Å². The average molecular weight is 253 g/mol. The van der Waals surface area contributed by atoms with E-state index in [9.17, 15) is 0 Å². The molecule has 1 aromatic heterocycles. The van der Waals surface area contributed by atoms with E-state index in [0.29, 0.717) is 5.89 Å². The highest BCUT2D eigenvalue weighted by atomic mass is 16.5. The largest absolute Gasteiger partial charge is 0.334 e. The van der Waals surface area contributed by atoms with Gasteiger partial charge in [-0.3, -0.25) is 0 Å². The number of aromatic nitrogens is 2. The van der Waals surface area contributed by atoms with Gasteiger partial charge in [0.05, 0.1) is 0 Å². The second kappa shape index (κ2) is 5.20. The summed E-state index contributed by atoms with van der Waals surface area (Å²) in [4.78, 5) is 4.41. The molecule has 1 heterocycles. The van der Waals surface area contributed by atoms with Crippen LogP contribution >= 0.6 is 0 Å². The van der Waals surface area contributed by atoms with E-state index >= 15 is 0 Å². The van der Waals surface area contributed by atoms with Gasteiger partial charge in [-0.1, -0.05) is 35.5 Å². The van der Waals surface area contributed by atoms with Crippen molar-refractivity contribution in [3.05, 3.63) is 48.3 Å². The van der Waals surface area contributed by atoms with Crippen molar-refractivity contribution >= 4 is 10.8 Å². The lowest BCUT2D eigenvalue weighted by Gasteiger charge is -1.99. The monoisotopic (exact) mass is 253 g/mol. The lowest BCUT2D eigenvalue weighted by Crippen LogP contribution is -2.10. The van der Waals surface area contributed by atoms with Crippen LogP contribution in [0.2, 0.25) is 0 Å². The molecule has 0 unspecified atom stereocenters. The Morgan fingerprint density at radius 2 is 1.95 bits per heavy atom. The molecule has 0 spiro atoms. The highest BCUT2D eigenvalue weighted by Crippen LogP contribution is 2.23. The van der Waals surface area contributed by atoms with Crippen LogP contribution in [0.4, 0.5) is 0 Å². The van der Waals surface area contributed by atoms with Gasteiger partial charge in [0.1, 0.15) is 0 Å². The van der Waals surface area contributed by atoms with Crippen LogP contribution in [-0.2, 0) is 6.42 Å². The molecule has 0 saturated carbocycles. The maximum absolute atomic E-state index is 5.31. The molecule has 1 N–H and O–H groups in total. The molecular weight excluding hydrogens is 238 g/mol. The van der Waals surface area contributed by atoms with Crippen LogP contribution in [-0.4, -0.2) is 23.7 Å². The van der Waals surface area contributed by atoms with Crippen molar-refractivity contribution in [2.24, 2.45) is 0 Å². The molecule has 19 heavy (non-hydrogen) atoms. The first-order valence-corrected chi connectivity index (χ1v) is 6.33. The maximum Gasteiger partial charge on any atom is 0.257 e. The van der Waals surface area contributed by atoms with Gasteiger partial charge in [-0.15, -0.1) is 0 Å². The second-order valence-corrected chi connectivity index (χ2v) is 4.43. The average Bonchev–Trinajstić information content (AvgIpc) is 2.93. The van der Waals surface area contributed by atoms with Crippen LogP contribution in [0.15, 0.2) is 47.0 Å². The van der Waals surface area contributed by atoms with Crippen LogP contribution in [0, 0.1) is 0 Å². The number of nitrogens with zero attached hydrogens (tertiary/aromatic N) is 2. The van der Waals surface area contributed by atoms with Gasteiger partial charge in [-0.05, 0) is 30.0 Å². The number of likely N-dealkylation sites (N-methyl/N-ethyl adjacent to an activating group) is 1. The highest BCUT2D eigenvalue weighted by Gasteiger charge is 2.08. The minimum Gasteiger partial charge on any atom is -0.334 e. The number of fused-ring (bicyclic) bond motifs is 1. The fourth-order valence-electron chi connectivity index (χ4n) is 2.03. The predicted molar refractivity (Wildman–Crippen MR) is 74.9 cm³/mol. The van der Waals surface area contributed by atoms with Gasteiger partial charge >= 0.3 is 0 Å². The molecule has 0 radical (unpaired) electrons. The van der Waals surface area contributed by atoms with E-state index in [2.05, 4.69) is 39.7 Å². The van der Waals surface area contributed by atoms with E-state index in [1.165, 1.54) is 10.8 Å². The van der Waals surface area contributed by atoms with Crippen molar-refractivity contribution in [3.63, 3.8) is 0 Å². The summed E-state index contributed by atoms with van der Waals surface area (Å²) in [6, 6.07) is 14.4. The zero-order chi connectivity index (χ0) is 13.1. The first kappa shape index (κ1) is 11.9. The molecule has 0 amide bonds. The topological polar surface area (TPSA) is 51.0 Å². The minimum atomic E-state index is 0.580. The quantitative estimate of drug-likeness (QED) is 0.776. The molecule has 0 aliphatic rings. The summed E-state index contributed by atoms with van der Waals surface area (Å²) in [5, 5.41) is 9.44. The van der Waals surface area contributed by atoms with Gasteiger partial charge in [-0.2, -0.15) is 4.98 Å². The third kappa shape index (κ3) is 2.48. The first-order chi connectivity index (χ1) is 9.36. The van der Waals surface area contributed by atoms with Crippen LogP contribution in [0.3, 0.4) is 0 Å². The fourth-order valence-corrected chi connectivity index (χ4v) is 2.03. The van der Waals surface area contributed by atoms with E-state index in [1.807, 2.05) is 25.2 Å². The maximum atomic E-state index is 5.31. The summed E-state index contributed by atoms with van der Waals surface area (Å²) in [6.07, 6.45) is 0.771. The number of hydrogen-bond acceptors (Lipinski definition) is 4. The standard InChI is InChI=1S/C15H15N3O/c1-16-9-8-14-17-15(19-18-14)13-7-6-11-4-2-3-5-12(11)10-13/h2-7,10,16H,8-9H2,1H3. The minimum absolute atomic E-state index is 0.580. The van der Waals surface area contributed by atoms with E-state index in [-0.39, 0.29) is 0 Å². The summed E-state index contributed by atoms with van der Waals surface area (Å²) in [7, 11) is 1.91. The van der Waals surface area contributed by atoms with Crippen molar-refractivity contribution in [2.45, 2.75) is 6.42 Å². The molecular formula is C15H15N3O. The zero-order valence-corrected chi connectivity index (χ0v) is 10.8. The summed E-state index contributed by atoms with van der Waals surface area (Å²) < 4.78 is 5.31. The first-order valence-electron chi connectivity index (χ1n) is 6.33. The van der Waals surface area contributed by atoms with E-state index in [0.717, 1.165) is 24.4 Å². The van der Waals surface area contributed by atoms with Crippen molar-refractivity contribution in [1.82, 2.24) is 15.5 Å². The second-order valence-electron chi connectivity index (χ2n) is 4.43. The Kier molecular flexibility index (Phi) is 3.25. The van der Waals surface area contributed by atoms with Crippen LogP contribution in [0.5, 0.6) is 0 Å². The molecule has 0 saturated heterocycles. The van der Waals surface area contributed by atoms with E-state index in [1.54, 1.807) is 0 Å². The molecule has 3 rings (SSSR count). The number of rotatable bonds is 4. The van der Waals surface area contributed by atoms with Crippen molar-refractivity contribution in [3.8, 4) is 11.5 Å². The molecule has 0 atom stereocenters. The van der Waals surface area contributed by atoms with Gasteiger partial charge in [0.2, 0.25) is 0 Å². The normalized spacial score (nSPS) is 11.0. The SMILES string of the molecule is CNCCc1noc(-c2ccc3ccccc3c2)n1. The van der Waals surface area contributed by atoms with Gasteiger partial charge < -0.3 is 9.84 Å². The summed E-state index contributed by atoms with van der Waals surface area (Å²) in [6.45, 7) is 0.844. The molecule has 4 nitrogen and oxygen atoms in total. The Morgan fingerprint density at radius 3 is 2.79 bits per heavy atom. The lowest BCUT2D eigenvalue weighted by atomic mass is 10.1. The van der Waals surface area contributed by atoms with Gasteiger partial charge in [0, 0.05) is 18.5 Å². The Bertz CT molecular complexity index is 690. The molecule has 96 valence electrons. The lowest BCUT2D eigenvalue weighted by molar-refractivity contribution is 0.422. The fraction of sp³-hybridized carbons (Fsp3) is 0.200. The van der Waals surface area contributed by atoms with Gasteiger partial charge in [0.15, 0.2) is 5.82 Å². The van der Waals surface area contributed by atoms with Crippen molar-refractivity contribution < 1.29 is 4.52 Å². The number of nitrogens with one attached hydrogen (secondary N) is 1. The van der Waals surface area contributed by atoms with Gasteiger partial charge in [-0.25, -0.2) is 0 Å². The zero-order valence-electron chi connectivity index (χ0n) is 10.8. The van der Waals surface area contributed by atoms with Crippen LogP contribution < -0.4 is 5.32 Å². The smallest absolute Gasteiger partial charge is 0.257 e. The molecule has 4 heteroatoms. The summed E-state index contributed by atoms with van der Waals surface area (Å²) in [5.74, 6) is 1.31. The third-order valence-corrected chi connectivity index (χ3v) is 3.06. The summed E-state index contributed by atoms with van der Waals surface area (Å²) >= 11 is 0. The molecule has 0 fully saturated rings. The molecule has 0 aliphatic heterocycles. The molecule has 2 aromatic carbocycles. The molecule has 3 aromatic rings. The molecule has 0 aliphatic carbocycles. The Hall–Kier alpha value is -2.20. The van der Waals surface area contributed by atoms with Crippen LogP contribution in [0.1, 0.15) is 5.82 Å². The third-order valence-electron chi connectivity index (χ3n) is 3.06. The molecule has 0 bridgehead atoms. The highest BCUT2D eigenvalue weighted by molar-refractivity contribution is 5.86. The number of hydrogen-bond donors (Lipinski definition) is 1. The van der Waals surface area contributed by atoms with Crippen molar-refractivity contribution in [2.75, 3.05) is 13.6 Å². The number of benzene rings is 2. The van der Waals surface area contributed by atoms with Gasteiger partial charge in [0.25, 0.3) is 5.89 Å². The van der Waals surface area contributed by atoms with E-state index < -0.39 is 0 Å². The Morgan fingerprint density at radius 1 is 1.11 bits per heavy atom. The van der Waals surface area contributed by atoms with Crippen LogP contribution in [0.25, 0.3) is 22.2 Å². The summed E-state index contributed by atoms with van der Waals surface area (Å²) in [5.41, 5.74) is 0.960. The van der Waals surface area contributed by atoms with E-state index in [4.69, 9.17) is 4.52 Å².